The van der Waals surface area contributed by atoms with Crippen molar-refractivity contribution in [2.45, 2.75) is 26.9 Å². The number of carbonyl (C=O) groups is 2. The number of fused-ring (bicyclic) bond motifs is 4. The van der Waals surface area contributed by atoms with Gasteiger partial charge in [0.05, 0.1) is 9.40 Å². The highest BCUT2D eigenvalue weighted by molar-refractivity contribution is 7.22. The lowest BCUT2D eigenvalue weighted by molar-refractivity contribution is -0.138. The van der Waals surface area contributed by atoms with Gasteiger partial charge in [0.1, 0.15) is 45.8 Å². The number of nitrogens with zero attached hydrogens (tertiary/aromatic N) is 4. The molecule has 53 heavy (non-hydrogen) atoms. The molecular formula is C36H21ClF6N4O4S2. The number of rotatable bonds is 6. The van der Waals surface area contributed by atoms with Crippen molar-refractivity contribution in [3.8, 4) is 21.1 Å². The summed E-state index contributed by atoms with van der Waals surface area (Å²) in [7, 11) is 0. The predicted octanol–water partition coefficient (Wildman–Crippen LogP) is 10.1. The maximum Gasteiger partial charge on any atom is 0.323 e. The fourth-order valence-corrected chi connectivity index (χ4v) is 8.61. The van der Waals surface area contributed by atoms with Crippen molar-refractivity contribution in [2.24, 2.45) is 0 Å². The average molecular weight is 787 g/mol. The second-order valence-corrected chi connectivity index (χ2v) is 14.2. The Hall–Kier alpha value is -5.45. The first-order valence-corrected chi connectivity index (χ1v) is 17.4. The molecule has 0 spiro atoms. The average Bonchev–Trinajstić information content (AvgIpc) is 3.86. The number of halogens is 7. The second kappa shape index (κ2) is 13.5. The molecule has 0 saturated heterocycles. The van der Waals surface area contributed by atoms with Crippen LogP contribution in [-0.4, -0.2) is 41.3 Å². The first kappa shape index (κ1) is 35.9. The molecule has 0 radical (unpaired) electrons. The number of hydrogen-bond acceptors (Lipinski definition) is 6. The zero-order chi connectivity index (χ0) is 38.0. The van der Waals surface area contributed by atoms with Crippen LogP contribution in [0.5, 0.6) is 0 Å². The van der Waals surface area contributed by atoms with Gasteiger partial charge in [-0.15, -0.1) is 22.7 Å². The van der Waals surface area contributed by atoms with E-state index in [4.69, 9.17) is 11.6 Å². The largest absolute Gasteiger partial charge is 0.480 e. The number of thiazole rings is 2. The van der Waals surface area contributed by atoms with E-state index in [1.54, 1.807) is 65.4 Å². The van der Waals surface area contributed by atoms with Crippen molar-refractivity contribution in [1.82, 2.24) is 19.1 Å². The first-order valence-electron chi connectivity index (χ1n) is 15.3. The smallest absolute Gasteiger partial charge is 0.323 e. The number of benzene rings is 4. The van der Waals surface area contributed by atoms with E-state index in [9.17, 15) is 46.1 Å². The number of carboxylic acids is 2. The molecule has 0 fully saturated rings. The lowest BCUT2D eigenvalue weighted by atomic mass is 10.1. The number of aliphatic carboxylic acids is 2. The Bertz CT molecular complexity index is 2830. The summed E-state index contributed by atoms with van der Waals surface area (Å²) in [4.78, 5) is 30.7. The van der Waals surface area contributed by atoms with Gasteiger partial charge >= 0.3 is 11.9 Å². The van der Waals surface area contributed by atoms with Crippen LogP contribution < -0.4 is 0 Å². The molecule has 4 aromatic carbocycles. The highest BCUT2D eigenvalue weighted by atomic mass is 35.5. The summed E-state index contributed by atoms with van der Waals surface area (Å²) in [5, 5.41) is 20.7. The molecule has 2 N–H and O–H groups in total. The third kappa shape index (κ3) is 6.15. The Morgan fingerprint density at radius 2 is 1.11 bits per heavy atom. The Balaban J connectivity index is 0.000000164. The molecule has 4 aromatic heterocycles. The summed E-state index contributed by atoms with van der Waals surface area (Å²) in [6.07, 6.45) is 0. The predicted molar refractivity (Wildman–Crippen MR) is 191 cm³/mol. The number of aromatic nitrogens is 4. The van der Waals surface area contributed by atoms with Crippen LogP contribution in [0, 0.1) is 48.8 Å². The van der Waals surface area contributed by atoms with E-state index in [1.807, 2.05) is 0 Å². The van der Waals surface area contributed by atoms with Crippen LogP contribution in [0.4, 0.5) is 26.3 Å². The van der Waals surface area contributed by atoms with E-state index >= 15 is 0 Å². The Labute approximate surface area is 306 Å². The van der Waals surface area contributed by atoms with E-state index in [0.717, 1.165) is 22.7 Å². The Morgan fingerprint density at radius 3 is 1.60 bits per heavy atom. The zero-order valence-electron chi connectivity index (χ0n) is 27.1. The van der Waals surface area contributed by atoms with Gasteiger partial charge in [0.15, 0.2) is 23.3 Å². The van der Waals surface area contributed by atoms with E-state index < -0.39 is 52.4 Å². The summed E-state index contributed by atoms with van der Waals surface area (Å²) < 4.78 is 86.2. The van der Waals surface area contributed by atoms with Crippen molar-refractivity contribution in [3.63, 3.8) is 0 Å². The molecule has 0 aliphatic heterocycles. The lowest BCUT2D eigenvalue weighted by Crippen LogP contribution is -2.09. The summed E-state index contributed by atoms with van der Waals surface area (Å²) >= 11 is 7.86. The van der Waals surface area contributed by atoms with Crippen molar-refractivity contribution in [3.05, 3.63) is 106 Å². The maximum atomic E-state index is 14.1. The molecule has 270 valence electrons. The third-order valence-corrected chi connectivity index (χ3v) is 11.0. The van der Waals surface area contributed by atoms with E-state index in [-0.39, 0.29) is 33.0 Å². The summed E-state index contributed by atoms with van der Waals surface area (Å²) in [5.74, 6) is -8.87. The Morgan fingerprint density at radius 1 is 0.660 bits per heavy atom. The molecule has 0 aliphatic carbocycles. The van der Waals surface area contributed by atoms with Gasteiger partial charge in [-0.2, -0.15) is 0 Å². The van der Waals surface area contributed by atoms with Crippen molar-refractivity contribution in [2.75, 3.05) is 0 Å². The van der Waals surface area contributed by atoms with Crippen molar-refractivity contribution < 1.29 is 46.1 Å². The number of carboxylic acid groups (broad SMARTS) is 2. The standard InChI is InChI=1S/C18H10ClF3N2O2S.C18H11F3N2O2S/c1-7-14(9-4-8(19)2-3-12(9)24(7)6-13(25)26)18-23-16-15(22)10(20)5-11(21)17(16)27-18;1-8-14(9-4-2-3-5-12(9)23(8)7-13(24)25)18-22-16-15(21)10(19)6-11(20)17(16)26-18/h2-5H,6H2,1H3,(H,25,26);2-6H,7H2,1H3,(H,24,25). The highest BCUT2D eigenvalue weighted by Crippen LogP contribution is 2.42. The van der Waals surface area contributed by atoms with Gasteiger partial charge in [0.25, 0.3) is 0 Å². The molecule has 4 heterocycles. The normalized spacial score (nSPS) is 11.6. The Kier molecular flexibility index (Phi) is 9.16. The number of para-hydroxylation sites is 1. The molecule has 0 atom stereocenters. The van der Waals surface area contributed by atoms with E-state index in [2.05, 4.69) is 9.97 Å². The molecule has 0 aliphatic rings. The van der Waals surface area contributed by atoms with E-state index in [0.29, 0.717) is 66.5 Å². The minimum absolute atomic E-state index is 0.0756. The quantitative estimate of drug-likeness (QED) is 0.128. The molecule has 8 nitrogen and oxygen atoms in total. The summed E-state index contributed by atoms with van der Waals surface area (Å²) in [6.45, 7) is 2.85. The molecule has 0 saturated carbocycles. The monoisotopic (exact) mass is 786 g/mol. The van der Waals surface area contributed by atoms with E-state index in [1.165, 1.54) is 0 Å². The molecule has 8 rings (SSSR count). The molecular weight excluding hydrogens is 766 g/mol. The van der Waals surface area contributed by atoms with Crippen LogP contribution in [0.25, 0.3) is 63.4 Å². The fraction of sp³-hybridized carbons (Fsp3) is 0.111. The van der Waals surface area contributed by atoms with Gasteiger partial charge < -0.3 is 19.3 Å². The fourth-order valence-electron chi connectivity index (χ4n) is 6.29. The van der Waals surface area contributed by atoms with Crippen LogP contribution >= 0.6 is 34.3 Å². The first-order chi connectivity index (χ1) is 25.2. The molecule has 8 aromatic rings. The van der Waals surface area contributed by atoms with Gasteiger partial charge in [-0.3, -0.25) is 9.59 Å². The minimum atomic E-state index is -1.31. The van der Waals surface area contributed by atoms with Crippen molar-refractivity contribution >= 4 is 88.5 Å². The van der Waals surface area contributed by atoms with Gasteiger partial charge in [-0.05, 0) is 38.1 Å². The topological polar surface area (TPSA) is 110 Å². The SMILES string of the molecule is Cc1c(-c2nc3c(F)c(F)cc(F)c3s2)c2cc(Cl)ccc2n1CC(=O)O.Cc1c(-c2nc3c(F)c(F)cc(F)c3s2)c2ccccc2n1CC(=O)O. The van der Waals surface area contributed by atoms with Crippen LogP contribution in [0.15, 0.2) is 54.6 Å². The molecule has 0 bridgehead atoms. The minimum Gasteiger partial charge on any atom is -0.480 e. The lowest BCUT2D eigenvalue weighted by Gasteiger charge is -2.04. The summed E-state index contributed by atoms with van der Waals surface area (Å²) in [6, 6.07) is 13.0. The van der Waals surface area contributed by atoms with Crippen LogP contribution in [0.1, 0.15) is 11.4 Å². The number of hydrogen-bond donors (Lipinski definition) is 2. The van der Waals surface area contributed by atoms with Gasteiger partial charge in [-0.1, -0.05) is 29.8 Å². The zero-order valence-corrected chi connectivity index (χ0v) is 29.5. The molecule has 0 amide bonds. The molecule has 0 unspecified atom stereocenters. The second-order valence-electron chi connectivity index (χ2n) is 11.8. The molecule has 17 heteroatoms. The summed E-state index contributed by atoms with van der Waals surface area (Å²) in [5.41, 5.74) is 2.76. The maximum absolute atomic E-state index is 14.1. The van der Waals surface area contributed by atoms with Crippen molar-refractivity contribution in [1.29, 1.82) is 0 Å². The van der Waals surface area contributed by atoms with Crippen LogP contribution in [-0.2, 0) is 22.7 Å². The highest BCUT2D eigenvalue weighted by Gasteiger charge is 2.25. The van der Waals surface area contributed by atoms with Crippen LogP contribution in [0.2, 0.25) is 5.02 Å². The third-order valence-electron chi connectivity index (χ3n) is 8.56. The van der Waals surface area contributed by atoms with Gasteiger partial charge in [0.2, 0.25) is 0 Å². The van der Waals surface area contributed by atoms with Gasteiger partial charge in [-0.25, -0.2) is 36.3 Å². The van der Waals surface area contributed by atoms with Crippen LogP contribution in [0.3, 0.4) is 0 Å². The van der Waals surface area contributed by atoms with Gasteiger partial charge in [0, 0.05) is 61.5 Å².